The standard InChI is InChI=1S/C31H24ClN3O2S2/c1-20-6-2-3-8-26(20)36-23-13-11-22(12-14-23)35-30(29(34-31(35)38)25-7-4-5-19-33-25)27-17-18-28(37-27)39-24-15-9-21(32)10-16-24/h2-19,29-30H,1H3,(H,34,38). The molecule has 1 saturated heterocycles. The molecule has 0 amide bonds. The number of pyridine rings is 1. The van der Waals surface area contributed by atoms with Crippen LogP contribution in [0.4, 0.5) is 5.69 Å². The summed E-state index contributed by atoms with van der Waals surface area (Å²) in [5.41, 5.74) is 2.89. The molecule has 8 heteroatoms. The second-order valence-electron chi connectivity index (χ2n) is 9.07. The Hall–Kier alpha value is -3.78. The summed E-state index contributed by atoms with van der Waals surface area (Å²) in [6.45, 7) is 2.03. The number of halogens is 1. The second-order valence-corrected chi connectivity index (χ2v) is 11.0. The highest BCUT2D eigenvalue weighted by atomic mass is 35.5. The quantitative estimate of drug-likeness (QED) is 0.197. The molecule has 1 N–H and O–H groups in total. The summed E-state index contributed by atoms with van der Waals surface area (Å²) in [5.74, 6) is 2.37. The molecular formula is C31H24ClN3O2S2. The Kier molecular flexibility index (Phi) is 7.28. The van der Waals surface area contributed by atoms with Crippen molar-refractivity contribution in [1.82, 2.24) is 10.3 Å². The highest BCUT2D eigenvalue weighted by Crippen LogP contribution is 2.44. The summed E-state index contributed by atoms with van der Waals surface area (Å²) < 4.78 is 12.5. The van der Waals surface area contributed by atoms with Gasteiger partial charge in [-0.1, -0.05) is 47.6 Å². The third-order valence-electron chi connectivity index (χ3n) is 6.46. The van der Waals surface area contributed by atoms with E-state index in [0.29, 0.717) is 10.1 Å². The van der Waals surface area contributed by atoms with Gasteiger partial charge in [-0.2, -0.15) is 0 Å². The van der Waals surface area contributed by atoms with Crippen LogP contribution in [-0.2, 0) is 0 Å². The minimum absolute atomic E-state index is 0.193. The van der Waals surface area contributed by atoms with Gasteiger partial charge in [0.2, 0.25) is 0 Å². The van der Waals surface area contributed by atoms with Crippen molar-refractivity contribution in [3.63, 3.8) is 0 Å². The van der Waals surface area contributed by atoms with Crippen LogP contribution in [0.15, 0.2) is 124 Å². The third-order valence-corrected chi connectivity index (χ3v) is 7.96. The molecule has 0 bridgehead atoms. The first-order valence-electron chi connectivity index (χ1n) is 12.4. The maximum absolute atomic E-state index is 6.41. The molecule has 0 saturated carbocycles. The maximum atomic E-state index is 6.41. The van der Waals surface area contributed by atoms with Gasteiger partial charge in [0.1, 0.15) is 23.3 Å². The topological polar surface area (TPSA) is 50.5 Å². The molecule has 0 spiro atoms. The number of benzene rings is 3. The normalized spacial score (nSPS) is 16.8. The Morgan fingerprint density at radius 2 is 1.69 bits per heavy atom. The van der Waals surface area contributed by atoms with Gasteiger partial charge in [0, 0.05) is 21.8 Å². The Morgan fingerprint density at radius 1 is 0.923 bits per heavy atom. The average Bonchev–Trinajstić information content (AvgIpc) is 3.56. The molecule has 2 unspecified atom stereocenters. The molecule has 1 fully saturated rings. The number of para-hydroxylation sites is 1. The van der Waals surface area contributed by atoms with Gasteiger partial charge in [-0.15, -0.1) is 0 Å². The van der Waals surface area contributed by atoms with Crippen molar-refractivity contribution in [3.05, 3.63) is 131 Å². The van der Waals surface area contributed by atoms with Crippen molar-refractivity contribution >= 4 is 46.4 Å². The van der Waals surface area contributed by atoms with E-state index in [0.717, 1.165) is 44.2 Å². The summed E-state index contributed by atoms with van der Waals surface area (Å²) >= 11 is 13.5. The largest absolute Gasteiger partial charge is 0.457 e. The summed E-state index contributed by atoms with van der Waals surface area (Å²) in [7, 11) is 0. The van der Waals surface area contributed by atoms with Crippen LogP contribution in [0.1, 0.15) is 29.1 Å². The number of nitrogens with one attached hydrogen (secondary N) is 1. The van der Waals surface area contributed by atoms with Gasteiger partial charge in [-0.25, -0.2) is 0 Å². The number of furan rings is 1. The van der Waals surface area contributed by atoms with Crippen LogP contribution in [0.25, 0.3) is 0 Å². The number of aryl methyl sites for hydroxylation is 1. The van der Waals surface area contributed by atoms with E-state index in [1.54, 1.807) is 18.0 Å². The lowest BCUT2D eigenvalue weighted by Gasteiger charge is -2.26. The highest BCUT2D eigenvalue weighted by molar-refractivity contribution is 7.99. The van der Waals surface area contributed by atoms with Crippen molar-refractivity contribution < 1.29 is 9.15 Å². The van der Waals surface area contributed by atoms with E-state index in [4.69, 9.17) is 33.0 Å². The van der Waals surface area contributed by atoms with E-state index in [1.807, 2.05) is 110 Å². The van der Waals surface area contributed by atoms with Gasteiger partial charge >= 0.3 is 0 Å². The zero-order valence-corrected chi connectivity index (χ0v) is 23.3. The van der Waals surface area contributed by atoms with Crippen LogP contribution in [0.2, 0.25) is 5.02 Å². The number of thiocarbonyl (C=S) groups is 1. The van der Waals surface area contributed by atoms with E-state index < -0.39 is 0 Å². The molecule has 3 aromatic carbocycles. The van der Waals surface area contributed by atoms with Crippen LogP contribution in [-0.4, -0.2) is 10.1 Å². The van der Waals surface area contributed by atoms with Crippen LogP contribution >= 0.6 is 35.6 Å². The number of ether oxygens (including phenoxy) is 1. The minimum atomic E-state index is -0.241. The fourth-order valence-electron chi connectivity index (χ4n) is 4.56. The molecule has 0 aliphatic carbocycles. The summed E-state index contributed by atoms with van der Waals surface area (Å²) in [6.07, 6.45) is 1.79. The van der Waals surface area contributed by atoms with Gasteiger partial charge in [-0.05, 0) is 104 Å². The Bertz CT molecular complexity index is 1590. The molecule has 2 atom stereocenters. The van der Waals surface area contributed by atoms with Crippen LogP contribution in [0.3, 0.4) is 0 Å². The number of anilines is 1. The Labute approximate surface area is 241 Å². The van der Waals surface area contributed by atoms with Gasteiger partial charge < -0.3 is 19.4 Å². The number of nitrogens with zero attached hydrogens (tertiary/aromatic N) is 2. The number of aromatic nitrogens is 1. The van der Waals surface area contributed by atoms with Gasteiger partial charge in [0.25, 0.3) is 0 Å². The van der Waals surface area contributed by atoms with Crippen molar-refractivity contribution in [2.45, 2.75) is 29.0 Å². The number of rotatable bonds is 7. The molecule has 2 aromatic heterocycles. The second kappa shape index (κ2) is 11.1. The van der Waals surface area contributed by atoms with Crippen LogP contribution in [0.5, 0.6) is 11.5 Å². The lowest BCUT2D eigenvalue weighted by molar-refractivity contribution is 0.383. The molecule has 0 radical (unpaired) electrons. The zero-order chi connectivity index (χ0) is 26.8. The minimum Gasteiger partial charge on any atom is -0.457 e. The number of hydrogen-bond donors (Lipinski definition) is 1. The van der Waals surface area contributed by atoms with E-state index in [2.05, 4.69) is 15.2 Å². The van der Waals surface area contributed by atoms with Crippen molar-refractivity contribution in [3.8, 4) is 11.5 Å². The average molecular weight is 570 g/mol. The Balaban J connectivity index is 1.31. The van der Waals surface area contributed by atoms with E-state index in [1.165, 1.54) is 0 Å². The van der Waals surface area contributed by atoms with E-state index >= 15 is 0 Å². The first-order chi connectivity index (χ1) is 19.0. The predicted octanol–water partition coefficient (Wildman–Crippen LogP) is 8.76. The van der Waals surface area contributed by atoms with Gasteiger partial charge in [0.15, 0.2) is 10.2 Å². The third kappa shape index (κ3) is 5.52. The monoisotopic (exact) mass is 569 g/mol. The SMILES string of the molecule is Cc1ccccc1Oc1ccc(N2C(=S)NC(c3ccccn3)C2c2ccc(Sc3ccc(Cl)cc3)o2)cc1. The first kappa shape index (κ1) is 25.5. The fourth-order valence-corrected chi connectivity index (χ4v) is 5.81. The van der Waals surface area contributed by atoms with Crippen LogP contribution < -0.4 is 15.0 Å². The van der Waals surface area contributed by atoms with Crippen molar-refractivity contribution in [1.29, 1.82) is 0 Å². The molecule has 6 rings (SSSR count). The van der Waals surface area contributed by atoms with E-state index in [-0.39, 0.29) is 12.1 Å². The molecule has 5 nitrogen and oxygen atoms in total. The van der Waals surface area contributed by atoms with E-state index in [9.17, 15) is 0 Å². The maximum Gasteiger partial charge on any atom is 0.174 e. The molecule has 1 aliphatic heterocycles. The van der Waals surface area contributed by atoms with Crippen molar-refractivity contribution in [2.24, 2.45) is 0 Å². The zero-order valence-electron chi connectivity index (χ0n) is 21.0. The Morgan fingerprint density at radius 3 is 2.44 bits per heavy atom. The molecular weight excluding hydrogens is 546 g/mol. The van der Waals surface area contributed by atoms with Crippen molar-refractivity contribution in [2.75, 3.05) is 4.90 Å². The predicted molar refractivity (Wildman–Crippen MR) is 160 cm³/mol. The molecule has 1 aliphatic rings. The molecule has 39 heavy (non-hydrogen) atoms. The lowest BCUT2D eigenvalue weighted by Crippen LogP contribution is -2.29. The smallest absolute Gasteiger partial charge is 0.174 e. The van der Waals surface area contributed by atoms with Crippen LogP contribution in [0, 0.1) is 6.92 Å². The lowest BCUT2D eigenvalue weighted by atomic mass is 10.0. The summed E-state index contributed by atoms with van der Waals surface area (Å²) in [4.78, 5) is 7.75. The molecule has 5 aromatic rings. The first-order valence-corrected chi connectivity index (χ1v) is 14.0. The summed E-state index contributed by atoms with van der Waals surface area (Å²) in [5, 5.41) is 5.57. The highest BCUT2D eigenvalue weighted by Gasteiger charge is 2.42. The van der Waals surface area contributed by atoms with Gasteiger partial charge in [-0.3, -0.25) is 4.98 Å². The number of hydrogen-bond acceptors (Lipinski definition) is 5. The fraction of sp³-hybridized carbons (Fsp3) is 0.0968. The summed E-state index contributed by atoms with van der Waals surface area (Å²) in [6, 6.07) is 33.1. The molecule has 3 heterocycles. The van der Waals surface area contributed by atoms with Gasteiger partial charge in [0.05, 0.1) is 11.7 Å². The molecule has 194 valence electrons.